The summed E-state index contributed by atoms with van der Waals surface area (Å²) in [5, 5.41) is 2.06. The second-order valence-corrected chi connectivity index (χ2v) is 5.13. The summed E-state index contributed by atoms with van der Waals surface area (Å²) < 4.78 is 9.76. The van der Waals surface area contributed by atoms with E-state index in [9.17, 15) is 9.59 Å². The average Bonchev–Trinajstić information content (AvgIpc) is 2.57. The number of ketones is 1. The fourth-order valence-electron chi connectivity index (χ4n) is 2.33. The average molecular weight is 300 g/mol. The van der Waals surface area contributed by atoms with Gasteiger partial charge >= 0.3 is 5.97 Å². The van der Waals surface area contributed by atoms with E-state index in [2.05, 4.69) is 4.74 Å². The third-order valence-electron chi connectivity index (χ3n) is 3.63. The Balaban J connectivity index is 1.98. The minimum Gasteiger partial charge on any atom is -0.497 e. The van der Waals surface area contributed by atoms with Gasteiger partial charge in [0, 0.05) is 18.4 Å². The Morgan fingerprint density at radius 2 is 1.59 bits per heavy atom. The number of ether oxygens (including phenoxy) is 2. The molecule has 116 valence electrons. The molecule has 0 unspecified atom stereocenters. The minimum atomic E-state index is -0.230. The minimum absolute atomic E-state index is 0.0996. The van der Waals surface area contributed by atoms with Gasteiger partial charge in [0.15, 0.2) is 5.78 Å². The van der Waals surface area contributed by atoms with Crippen molar-refractivity contribution in [1.29, 1.82) is 0 Å². The van der Waals surface area contributed by atoms with Crippen molar-refractivity contribution in [2.45, 2.75) is 25.7 Å². The van der Waals surface area contributed by atoms with E-state index in [4.69, 9.17) is 4.74 Å². The molecule has 0 aliphatic carbocycles. The number of esters is 1. The van der Waals surface area contributed by atoms with Gasteiger partial charge in [-0.3, -0.25) is 9.59 Å². The van der Waals surface area contributed by atoms with Crippen molar-refractivity contribution in [1.82, 2.24) is 0 Å². The topological polar surface area (TPSA) is 52.6 Å². The molecule has 0 radical (unpaired) electrons. The Kier molecular flexibility index (Phi) is 5.53. The number of carbonyl (C=O) groups is 2. The lowest BCUT2D eigenvalue weighted by atomic mass is 10.0. The molecule has 0 heterocycles. The number of benzene rings is 2. The van der Waals surface area contributed by atoms with Crippen molar-refractivity contribution in [3.63, 3.8) is 0 Å². The van der Waals surface area contributed by atoms with E-state index in [1.807, 2.05) is 36.4 Å². The zero-order valence-corrected chi connectivity index (χ0v) is 12.9. The lowest BCUT2D eigenvalue weighted by molar-refractivity contribution is -0.140. The van der Waals surface area contributed by atoms with E-state index in [0.29, 0.717) is 31.2 Å². The molecule has 4 nitrogen and oxygen atoms in total. The van der Waals surface area contributed by atoms with Crippen LogP contribution in [0.1, 0.15) is 36.0 Å². The molecule has 2 aromatic rings. The molecule has 22 heavy (non-hydrogen) atoms. The molecule has 0 aliphatic rings. The predicted octanol–water partition coefficient (Wildman–Crippen LogP) is 3.76. The summed E-state index contributed by atoms with van der Waals surface area (Å²) in [7, 11) is 3.00. The summed E-state index contributed by atoms with van der Waals surface area (Å²) in [6.45, 7) is 0. The van der Waals surface area contributed by atoms with Crippen LogP contribution in [0.3, 0.4) is 0 Å². The molecule has 0 amide bonds. The molecular formula is C18H20O4. The van der Waals surface area contributed by atoms with Gasteiger partial charge in [0.25, 0.3) is 0 Å². The second-order valence-electron chi connectivity index (χ2n) is 5.13. The fraction of sp³-hybridized carbons (Fsp3) is 0.333. The van der Waals surface area contributed by atoms with Crippen molar-refractivity contribution in [2.24, 2.45) is 0 Å². The van der Waals surface area contributed by atoms with Crippen LogP contribution in [0.15, 0.2) is 36.4 Å². The molecule has 2 aromatic carbocycles. The van der Waals surface area contributed by atoms with Crippen LogP contribution in [0.4, 0.5) is 0 Å². The van der Waals surface area contributed by atoms with Gasteiger partial charge in [-0.2, -0.15) is 0 Å². The van der Waals surface area contributed by atoms with Crippen molar-refractivity contribution in [2.75, 3.05) is 14.2 Å². The largest absolute Gasteiger partial charge is 0.497 e. The van der Waals surface area contributed by atoms with E-state index in [1.165, 1.54) is 7.11 Å². The van der Waals surface area contributed by atoms with Crippen LogP contribution in [0, 0.1) is 0 Å². The first-order chi connectivity index (χ1) is 10.6. The van der Waals surface area contributed by atoms with Gasteiger partial charge in [-0.1, -0.05) is 18.2 Å². The highest BCUT2D eigenvalue weighted by Crippen LogP contribution is 2.22. The van der Waals surface area contributed by atoms with Gasteiger partial charge in [0.2, 0.25) is 0 Å². The number of rotatable bonds is 7. The van der Waals surface area contributed by atoms with E-state index >= 15 is 0 Å². The normalized spacial score (nSPS) is 10.5. The third kappa shape index (κ3) is 4.07. The Hall–Kier alpha value is -2.36. The summed E-state index contributed by atoms with van der Waals surface area (Å²) in [4.78, 5) is 23.2. The highest BCUT2D eigenvalue weighted by atomic mass is 16.5. The van der Waals surface area contributed by atoms with E-state index < -0.39 is 0 Å². The molecule has 0 fully saturated rings. The predicted molar refractivity (Wildman–Crippen MR) is 85.3 cm³/mol. The molecule has 2 rings (SSSR count). The molecular weight excluding hydrogens is 280 g/mol. The van der Waals surface area contributed by atoms with Crippen molar-refractivity contribution >= 4 is 22.5 Å². The van der Waals surface area contributed by atoms with Crippen LogP contribution in [-0.4, -0.2) is 26.0 Å². The number of hydrogen-bond donors (Lipinski definition) is 0. The highest BCUT2D eigenvalue weighted by molar-refractivity contribution is 6.00. The maximum Gasteiger partial charge on any atom is 0.305 e. The van der Waals surface area contributed by atoms with Crippen LogP contribution in [0.25, 0.3) is 10.8 Å². The fourth-order valence-corrected chi connectivity index (χ4v) is 2.33. The van der Waals surface area contributed by atoms with Gasteiger partial charge in [-0.25, -0.2) is 0 Å². The molecule has 0 atom stereocenters. The van der Waals surface area contributed by atoms with Crippen molar-refractivity contribution in [3.05, 3.63) is 42.0 Å². The summed E-state index contributed by atoms with van der Waals surface area (Å²) in [5.41, 5.74) is 0.704. The summed E-state index contributed by atoms with van der Waals surface area (Å²) in [5.74, 6) is 0.670. The number of unbranched alkanes of at least 4 members (excludes halogenated alkanes) is 1. The van der Waals surface area contributed by atoms with Gasteiger partial charge in [-0.05, 0) is 41.8 Å². The Labute approximate surface area is 130 Å². The maximum atomic E-state index is 12.2. The Morgan fingerprint density at radius 3 is 2.32 bits per heavy atom. The molecule has 4 heteroatoms. The van der Waals surface area contributed by atoms with Gasteiger partial charge in [0.05, 0.1) is 14.2 Å². The SMILES string of the molecule is COC(=O)CCCCC(=O)c1ccc2cc(OC)ccc2c1. The number of fused-ring (bicyclic) bond motifs is 1. The van der Waals surface area contributed by atoms with Crippen LogP contribution >= 0.6 is 0 Å². The molecule has 0 bridgehead atoms. The van der Waals surface area contributed by atoms with Gasteiger partial charge in [0.1, 0.15) is 5.75 Å². The van der Waals surface area contributed by atoms with Crippen LogP contribution in [0.5, 0.6) is 5.75 Å². The van der Waals surface area contributed by atoms with Crippen molar-refractivity contribution in [3.8, 4) is 5.75 Å². The quantitative estimate of drug-likeness (QED) is 0.444. The van der Waals surface area contributed by atoms with E-state index in [1.54, 1.807) is 7.11 Å². The number of carbonyl (C=O) groups excluding carboxylic acids is 2. The van der Waals surface area contributed by atoms with Crippen LogP contribution in [0.2, 0.25) is 0 Å². The maximum absolute atomic E-state index is 12.2. The third-order valence-corrected chi connectivity index (χ3v) is 3.63. The number of methoxy groups -OCH3 is 2. The van der Waals surface area contributed by atoms with E-state index in [0.717, 1.165) is 16.5 Å². The molecule has 0 spiro atoms. The monoisotopic (exact) mass is 300 g/mol. The van der Waals surface area contributed by atoms with Crippen LogP contribution < -0.4 is 4.74 Å². The standard InChI is InChI=1S/C18H20O4/c1-21-16-10-9-13-11-15(8-7-14(13)12-16)17(19)5-3-4-6-18(20)22-2/h7-12H,3-6H2,1-2H3. The first kappa shape index (κ1) is 16.0. The van der Waals surface area contributed by atoms with Crippen molar-refractivity contribution < 1.29 is 19.1 Å². The zero-order valence-electron chi connectivity index (χ0n) is 12.9. The van der Waals surface area contributed by atoms with Crippen LogP contribution in [-0.2, 0) is 9.53 Å². The molecule has 0 saturated carbocycles. The smallest absolute Gasteiger partial charge is 0.305 e. The highest BCUT2D eigenvalue weighted by Gasteiger charge is 2.08. The Morgan fingerprint density at radius 1 is 0.909 bits per heavy atom. The Bertz CT molecular complexity index is 676. The molecule has 0 aromatic heterocycles. The summed E-state index contributed by atoms with van der Waals surface area (Å²) in [6.07, 6.45) is 2.16. The van der Waals surface area contributed by atoms with E-state index in [-0.39, 0.29) is 11.8 Å². The first-order valence-corrected chi connectivity index (χ1v) is 7.32. The van der Waals surface area contributed by atoms with Gasteiger partial charge < -0.3 is 9.47 Å². The lowest BCUT2D eigenvalue weighted by Gasteiger charge is -2.05. The number of Topliss-reactive ketones (excluding diaryl/α,β-unsaturated/α-hetero) is 1. The molecule has 0 N–H and O–H groups in total. The second kappa shape index (κ2) is 7.59. The summed E-state index contributed by atoms with van der Waals surface area (Å²) >= 11 is 0. The lowest BCUT2D eigenvalue weighted by Crippen LogP contribution is -2.02. The molecule has 0 aliphatic heterocycles. The number of hydrogen-bond acceptors (Lipinski definition) is 4. The summed E-state index contributed by atoms with van der Waals surface area (Å²) in [6, 6.07) is 11.4. The van der Waals surface area contributed by atoms with Gasteiger partial charge in [-0.15, -0.1) is 0 Å². The molecule has 0 saturated heterocycles. The zero-order chi connectivity index (χ0) is 15.9. The first-order valence-electron chi connectivity index (χ1n) is 7.32.